The molecule has 1 spiro atoms. The summed E-state index contributed by atoms with van der Waals surface area (Å²) in [5.41, 5.74) is 0.510. The summed E-state index contributed by atoms with van der Waals surface area (Å²) in [4.78, 5) is 35.1. The summed E-state index contributed by atoms with van der Waals surface area (Å²) in [6, 6.07) is 7.08. The monoisotopic (exact) mass is 253 g/mol. The summed E-state index contributed by atoms with van der Waals surface area (Å²) in [5.74, 6) is -0.847. The van der Waals surface area contributed by atoms with Gasteiger partial charge in [-0.1, -0.05) is 30.4 Å². The minimum absolute atomic E-state index is 0.112. The highest BCUT2D eigenvalue weighted by Crippen LogP contribution is 2.37. The van der Waals surface area contributed by atoms with Crippen LogP contribution in [0.4, 0.5) is 0 Å². The second-order valence-electron chi connectivity index (χ2n) is 4.71. The average molecular weight is 253 g/mol. The lowest BCUT2D eigenvalue weighted by Gasteiger charge is -2.28. The van der Waals surface area contributed by atoms with Gasteiger partial charge >= 0.3 is 0 Å². The third-order valence-corrected chi connectivity index (χ3v) is 3.47. The van der Waals surface area contributed by atoms with Crippen LogP contribution in [0.3, 0.4) is 0 Å². The molecule has 1 aliphatic heterocycles. The molecule has 4 nitrogen and oxygen atoms in total. The third-order valence-electron chi connectivity index (χ3n) is 3.47. The summed E-state index contributed by atoms with van der Waals surface area (Å²) >= 11 is 0. The summed E-state index contributed by atoms with van der Waals surface area (Å²) in [7, 11) is 0. The van der Waals surface area contributed by atoms with E-state index in [1.54, 1.807) is 24.3 Å². The molecule has 2 amide bonds. The van der Waals surface area contributed by atoms with Crippen molar-refractivity contribution >= 4 is 17.6 Å². The number of carbonyl (C=O) groups excluding carboxylic acids is 3. The number of ketones is 1. The summed E-state index contributed by atoms with van der Waals surface area (Å²) in [5, 5.41) is 2.35. The summed E-state index contributed by atoms with van der Waals surface area (Å²) in [6.45, 7) is 0. The molecule has 1 N–H and O–H groups in total. The van der Waals surface area contributed by atoms with Crippen LogP contribution in [0.2, 0.25) is 0 Å². The van der Waals surface area contributed by atoms with E-state index in [4.69, 9.17) is 0 Å². The van der Waals surface area contributed by atoms with Gasteiger partial charge in [0.25, 0.3) is 5.91 Å². The molecule has 1 aromatic rings. The minimum Gasteiger partial charge on any atom is -0.292 e. The fourth-order valence-corrected chi connectivity index (χ4v) is 2.56. The molecule has 3 rings (SSSR count). The van der Waals surface area contributed by atoms with Gasteiger partial charge in [0, 0.05) is 17.4 Å². The van der Waals surface area contributed by atoms with Gasteiger partial charge in [-0.2, -0.15) is 0 Å². The molecule has 2 aliphatic rings. The maximum absolute atomic E-state index is 12.0. The standard InChI is InChI=1S/C15H11NO3/c17-10-5-7-15(8-6-10)9-13(18)16-14(19)11-3-1-2-4-12(11)15/h1-8H,9H2,(H,16,18,19). The van der Waals surface area contributed by atoms with Gasteiger partial charge in [-0.25, -0.2) is 0 Å². The van der Waals surface area contributed by atoms with Gasteiger partial charge in [0.15, 0.2) is 5.78 Å². The van der Waals surface area contributed by atoms with Crippen molar-refractivity contribution in [3.05, 3.63) is 59.7 Å². The molecule has 4 heteroatoms. The van der Waals surface area contributed by atoms with Crippen LogP contribution in [0.1, 0.15) is 22.3 Å². The number of amides is 2. The van der Waals surface area contributed by atoms with E-state index < -0.39 is 11.3 Å². The van der Waals surface area contributed by atoms with E-state index in [0.29, 0.717) is 5.56 Å². The van der Waals surface area contributed by atoms with E-state index in [9.17, 15) is 14.4 Å². The van der Waals surface area contributed by atoms with Gasteiger partial charge in [-0.15, -0.1) is 0 Å². The molecule has 0 atom stereocenters. The molecule has 0 saturated heterocycles. The number of hydrogen-bond acceptors (Lipinski definition) is 3. The molecule has 1 aliphatic carbocycles. The van der Waals surface area contributed by atoms with E-state index in [0.717, 1.165) is 5.56 Å². The molecule has 0 unspecified atom stereocenters. The highest BCUT2D eigenvalue weighted by atomic mass is 16.2. The predicted molar refractivity (Wildman–Crippen MR) is 68.5 cm³/mol. The van der Waals surface area contributed by atoms with Gasteiger partial charge in [0.1, 0.15) is 0 Å². The molecule has 0 bridgehead atoms. The Morgan fingerprint density at radius 1 is 1.00 bits per heavy atom. The molecule has 0 fully saturated rings. The maximum atomic E-state index is 12.0. The van der Waals surface area contributed by atoms with E-state index in [1.807, 2.05) is 12.1 Å². The van der Waals surface area contributed by atoms with Crippen molar-refractivity contribution < 1.29 is 14.4 Å². The minimum atomic E-state index is -0.708. The van der Waals surface area contributed by atoms with E-state index in [1.165, 1.54) is 12.2 Å². The Morgan fingerprint density at radius 2 is 1.68 bits per heavy atom. The van der Waals surface area contributed by atoms with Crippen LogP contribution in [0.25, 0.3) is 0 Å². The Hall–Kier alpha value is -2.49. The third kappa shape index (κ3) is 1.81. The van der Waals surface area contributed by atoms with Gasteiger partial charge in [0.2, 0.25) is 5.91 Å². The molecule has 0 saturated carbocycles. The van der Waals surface area contributed by atoms with Gasteiger partial charge in [-0.3, -0.25) is 19.7 Å². The topological polar surface area (TPSA) is 63.2 Å². The lowest BCUT2D eigenvalue weighted by molar-refractivity contribution is -0.120. The summed E-state index contributed by atoms with van der Waals surface area (Å²) < 4.78 is 0. The van der Waals surface area contributed by atoms with Crippen molar-refractivity contribution in [1.82, 2.24) is 5.32 Å². The Morgan fingerprint density at radius 3 is 2.42 bits per heavy atom. The lowest BCUT2D eigenvalue weighted by atomic mass is 9.73. The Balaban J connectivity index is 2.24. The first-order valence-corrected chi connectivity index (χ1v) is 5.97. The molecule has 94 valence electrons. The molecule has 0 aromatic heterocycles. The Kier molecular flexibility index (Phi) is 2.45. The van der Waals surface area contributed by atoms with Gasteiger partial charge < -0.3 is 0 Å². The molecule has 1 heterocycles. The SMILES string of the molecule is O=C1C=CC2(C=C1)CC(=O)NC(=O)c1ccccc12. The maximum Gasteiger partial charge on any atom is 0.258 e. The van der Waals surface area contributed by atoms with Crippen molar-refractivity contribution in [2.75, 3.05) is 0 Å². The molecular weight excluding hydrogens is 242 g/mol. The average Bonchev–Trinajstić information content (AvgIpc) is 2.50. The van der Waals surface area contributed by atoms with Crippen molar-refractivity contribution in [2.45, 2.75) is 11.8 Å². The second-order valence-corrected chi connectivity index (χ2v) is 4.71. The fourth-order valence-electron chi connectivity index (χ4n) is 2.56. The summed E-state index contributed by atoms with van der Waals surface area (Å²) in [6.07, 6.45) is 6.41. The van der Waals surface area contributed by atoms with Gasteiger partial charge in [0.05, 0.1) is 0 Å². The van der Waals surface area contributed by atoms with Crippen LogP contribution in [-0.2, 0) is 15.0 Å². The highest BCUT2D eigenvalue weighted by molar-refractivity contribution is 6.09. The number of allylic oxidation sites excluding steroid dienone is 4. The number of nitrogens with one attached hydrogen (secondary N) is 1. The molecule has 1 aromatic carbocycles. The van der Waals surface area contributed by atoms with Crippen molar-refractivity contribution in [3.63, 3.8) is 0 Å². The first-order chi connectivity index (χ1) is 9.11. The van der Waals surface area contributed by atoms with Crippen LogP contribution < -0.4 is 5.32 Å². The number of imide groups is 1. The van der Waals surface area contributed by atoms with Crippen LogP contribution in [-0.4, -0.2) is 17.6 Å². The quantitative estimate of drug-likeness (QED) is 0.708. The van der Waals surface area contributed by atoms with Crippen LogP contribution >= 0.6 is 0 Å². The largest absolute Gasteiger partial charge is 0.292 e. The smallest absolute Gasteiger partial charge is 0.258 e. The zero-order chi connectivity index (χ0) is 13.5. The van der Waals surface area contributed by atoms with Crippen molar-refractivity contribution in [1.29, 1.82) is 0 Å². The first kappa shape index (κ1) is 11.6. The number of benzene rings is 1. The second kappa shape index (κ2) is 4.02. The van der Waals surface area contributed by atoms with Gasteiger partial charge in [-0.05, 0) is 23.8 Å². The molecule has 19 heavy (non-hydrogen) atoms. The number of hydrogen-bond donors (Lipinski definition) is 1. The van der Waals surface area contributed by atoms with E-state index in [2.05, 4.69) is 5.32 Å². The zero-order valence-electron chi connectivity index (χ0n) is 10.1. The first-order valence-electron chi connectivity index (χ1n) is 5.97. The van der Waals surface area contributed by atoms with Crippen molar-refractivity contribution in [3.8, 4) is 0 Å². The fraction of sp³-hybridized carbons (Fsp3) is 0.133. The van der Waals surface area contributed by atoms with E-state index in [-0.39, 0.29) is 18.1 Å². The number of carbonyl (C=O) groups is 3. The predicted octanol–water partition coefficient (Wildman–Crippen LogP) is 1.28. The normalized spacial score (nSPS) is 20.1. The lowest BCUT2D eigenvalue weighted by Crippen LogP contribution is -2.31. The Labute approximate surface area is 109 Å². The highest BCUT2D eigenvalue weighted by Gasteiger charge is 2.37. The van der Waals surface area contributed by atoms with E-state index >= 15 is 0 Å². The van der Waals surface area contributed by atoms with Crippen LogP contribution in [0, 0.1) is 0 Å². The van der Waals surface area contributed by atoms with Crippen molar-refractivity contribution in [2.24, 2.45) is 0 Å². The van der Waals surface area contributed by atoms with Crippen LogP contribution in [0.15, 0.2) is 48.6 Å². The zero-order valence-corrected chi connectivity index (χ0v) is 10.1. The molecule has 0 radical (unpaired) electrons. The van der Waals surface area contributed by atoms with Crippen LogP contribution in [0.5, 0.6) is 0 Å². The Bertz CT molecular complexity index is 639. The molecular formula is C15H11NO3. The number of fused-ring (bicyclic) bond motifs is 2. The number of rotatable bonds is 0.